The van der Waals surface area contributed by atoms with Crippen LogP contribution in [-0.2, 0) is 4.79 Å². The molecule has 1 aromatic heterocycles. The predicted octanol–water partition coefficient (Wildman–Crippen LogP) is 4.20. The second kappa shape index (κ2) is 8.19. The highest BCUT2D eigenvalue weighted by molar-refractivity contribution is 7.12. The highest BCUT2D eigenvalue weighted by Gasteiger charge is 2.44. The number of thiophene rings is 1. The van der Waals surface area contributed by atoms with Gasteiger partial charge in [0.1, 0.15) is 11.4 Å². The highest BCUT2D eigenvalue weighted by Crippen LogP contribution is 2.46. The fourth-order valence-electron chi connectivity index (χ4n) is 4.51. The van der Waals surface area contributed by atoms with Crippen molar-refractivity contribution in [3.05, 3.63) is 52.2 Å². The van der Waals surface area contributed by atoms with Gasteiger partial charge in [-0.05, 0) is 43.3 Å². The van der Waals surface area contributed by atoms with Crippen molar-refractivity contribution in [1.82, 2.24) is 10.2 Å². The molecule has 6 heteroatoms. The normalized spacial score (nSPS) is 20.2. The summed E-state index contributed by atoms with van der Waals surface area (Å²) >= 11 is 1.49. The number of nitrogens with zero attached hydrogens (tertiary/aromatic N) is 1. The van der Waals surface area contributed by atoms with Gasteiger partial charge < -0.3 is 15.0 Å². The molecule has 0 bridgehead atoms. The van der Waals surface area contributed by atoms with Gasteiger partial charge in [0.2, 0.25) is 5.91 Å². The molecular formula is C23H28N2O3S. The summed E-state index contributed by atoms with van der Waals surface area (Å²) in [6.45, 7) is 5.34. The number of amides is 2. The minimum absolute atomic E-state index is 0.0853. The third-order valence-corrected chi connectivity index (χ3v) is 6.74. The maximum atomic E-state index is 12.7. The van der Waals surface area contributed by atoms with Crippen molar-refractivity contribution in [2.24, 2.45) is 0 Å². The van der Waals surface area contributed by atoms with Gasteiger partial charge in [0, 0.05) is 44.3 Å². The first-order chi connectivity index (χ1) is 14.0. The lowest BCUT2D eigenvalue weighted by atomic mass is 9.76. The van der Waals surface area contributed by atoms with Crippen molar-refractivity contribution in [1.29, 1.82) is 0 Å². The Kier molecular flexibility index (Phi) is 5.63. The fourth-order valence-corrected chi connectivity index (χ4v) is 5.20. The SMILES string of the molecule is CC(C)NC(=O)C[C@H]1CC2(CCN(C(=O)c3cccs3)CC2)Oc2ccccc21. The molecular weight excluding hydrogens is 384 g/mol. The fraction of sp³-hybridized carbons (Fsp3) is 0.478. The molecule has 1 spiro atoms. The van der Waals surface area contributed by atoms with Gasteiger partial charge >= 0.3 is 0 Å². The number of carbonyl (C=O) groups excluding carboxylic acids is 2. The Morgan fingerprint density at radius 2 is 1.97 bits per heavy atom. The third kappa shape index (κ3) is 4.32. The zero-order valence-electron chi connectivity index (χ0n) is 17.0. The van der Waals surface area contributed by atoms with Crippen LogP contribution in [0.2, 0.25) is 0 Å². The van der Waals surface area contributed by atoms with E-state index in [-0.39, 0.29) is 29.4 Å². The number of hydrogen-bond acceptors (Lipinski definition) is 4. The van der Waals surface area contributed by atoms with Crippen LogP contribution >= 0.6 is 11.3 Å². The first-order valence-electron chi connectivity index (χ1n) is 10.4. The van der Waals surface area contributed by atoms with E-state index in [4.69, 9.17) is 4.74 Å². The van der Waals surface area contributed by atoms with Crippen molar-refractivity contribution in [2.75, 3.05) is 13.1 Å². The second-order valence-corrected chi connectivity index (χ2v) is 9.37. The average molecular weight is 413 g/mol. The van der Waals surface area contributed by atoms with Crippen LogP contribution < -0.4 is 10.1 Å². The van der Waals surface area contributed by atoms with Crippen LogP contribution in [0.15, 0.2) is 41.8 Å². The number of fused-ring (bicyclic) bond motifs is 1. The van der Waals surface area contributed by atoms with Gasteiger partial charge in [-0.15, -0.1) is 11.3 Å². The molecule has 4 rings (SSSR count). The van der Waals surface area contributed by atoms with Crippen molar-refractivity contribution in [3.8, 4) is 5.75 Å². The van der Waals surface area contributed by atoms with E-state index >= 15 is 0 Å². The Hall–Kier alpha value is -2.34. The summed E-state index contributed by atoms with van der Waals surface area (Å²) in [7, 11) is 0. The Morgan fingerprint density at radius 1 is 1.21 bits per heavy atom. The van der Waals surface area contributed by atoms with Gasteiger partial charge in [-0.2, -0.15) is 0 Å². The van der Waals surface area contributed by atoms with Crippen LogP contribution in [0.5, 0.6) is 5.75 Å². The summed E-state index contributed by atoms with van der Waals surface area (Å²) in [5, 5.41) is 4.96. The number of ether oxygens (including phenoxy) is 1. The average Bonchev–Trinajstić information content (AvgIpc) is 3.22. The van der Waals surface area contributed by atoms with E-state index in [1.165, 1.54) is 11.3 Å². The van der Waals surface area contributed by atoms with Crippen molar-refractivity contribution >= 4 is 23.2 Å². The number of para-hydroxylation sites is 1. The van der Waals surface area contributed by atoms with E-state index in [9.17, 15) is 9.59 Å². The maximum absolute atomic E-state index is 12.7. The van der Waals surface area contributed by atoms with E-state index in [1.54, 1.807) is 0 Å². The van der Waals surface area contributed by atoms with Crippen LogP contribution in [0.25, 0.3) is 0 Å². The molecule has 1 aromatic carbocycles. The van der Waals surface area contributed by atoms with Gasteiger partial charge in [0.25, 0.3) is 5.91 Å². The van der Waals surface area contributed by atoms with E-state index in [0.717, 1.165) is 35.5 Å². The van der Waals surface area contributed by atoms with Crippen LogP contribution in [0.1, 0.15) is 60.7 Å². The molecule has 29 heavy (non-hydrogen) atoms. The topological polar surface area (TPSA) is 58.6 Å². The van der Waals surface area contributed by atoms with Crippen LogP contribution in [0.3, 0.4) is 0 Å². The molecule has 0 saturated carbocycles. The number of likely N-dealkylation sites (tertiary alicyclic amines) is 1. The molecule has 2 amide bonds. The largest absolute Gasteiger partial charge is 0.487 e. The summed E-state index contributed by atoms with van der Waals surface area (Å²) in [5.74, 6) is 1.22. The predicted molar refractivity (Wildman–Crippen MR) is 115 cm³/mol. The Morgan fingerprint density at radius 3 is 2.66 bits per heavy atom. The molecule has 1 saturated heterocycles. The standard InChI is InChI=1S/C23H28N2O3S/c1-16(2)24-21(26)14-17-15-23(28-19-7-4-3-6-18(17)19)9-11-25(12-10-23)22(27)20-8-5-13-29-20/h3-8,13,16-17H,9-12,14-15H2,1-2H3,(H,24,26)/t17-/m0/s1. The third-order valence-electron chi connectivity index (χ3n) is 5.88. The van der Waals surface area contributed by atoms with Crippen molar-refractivity contribution in [2.45, 2.75) is 57.1 Å². The molecule has 2 aliphatic heterocycles. The quantitative estimate of drug-likeness (QED) is 0.819. The van der Waals surface area contributed by atoms with E-state index in [2.05, 4.69) is 11.4 Å². The maximum Gasteiger partial charge on any atom is 0.263 e. The van der Waals surface area contributed by atoms with Crippen LogP contribution in [0, 0.1) is 0 Å². The zero-order chi connectivity index (χ0) is 20.4. The lowest BCUT2D eigenvalue weighted by molar-refractivity contribution is -0.122. The monoisotopic (exact) mass is 412 g/mol. The van der Waals surface area contributed by atoms with Gasteiger partial charge in [0.15, 0.2) is 0 Å². The molecule has 0 unspecified atom stereocenters. The van der Waals surface area contributed by atoms with Gasteiger partial charge in [-0.1, -0.05) is 24.3 Å². The van der Waals surface area contributed by atoms with Crippen LogP contribution in [-0.4, -0.2) is 41.4 Å². The lowest BCUT2D eigenvalue weighted by Crippen LogP contribution is -2.52. The number of carbonyl (C=O) groups is 2. The Balaban J connectivity index is 1.49. The highest BCUT2D eigenvalue weighted by atomic mass is 32.1. The molecule has 5 nitrogen and oxygen atoms in total. The molecule has 0 radical (unpaired) electrons. The van der Waals surface area contributed by atoms with E-state index in [1.807, 2.05) is 54.5 Å². The minimum atomic E-state index is -0.302. The summed E-state index contributed by atoms with van der Waals surface area (Å²) in [4.78, 5) is 27.9. The Labute approximate surface area is 176 Å². The summed E-state index contributed by atoms with van der Waals surface area (Å²) in [6.07, 6.45) is 2.87. The van der Waals surface area contributed by atoms with Gasteiger partial charge in [-0.25, -0.2) is 0 Å². The second-order valence-electron chi connectivity index (χ2n) is 8.42. The van der Waals surface area contributed by atoms with Crippen molar-refractivity contribution in [3.63, 3.8) is 0 Å². The van der Waals surface area contributed by atoms with Gasteiger partial charge in [0.05, 0.1) is 4.88 Å². The molecule has 2 aliphatic rings. The minimum Gasteiger partial charge on any atom is -0.487 e. The number of piperidine rings is 1. The first kappa shape index (κ1) is 20.0. The molecule has 1 fully saturated rings. The molecule has 1 atom stereocenters. The number of rotatable bonds is 4. The molecule has 0 aliphatic carbocycles. The van der Waals surface area contributed by atoms with Gasteiger partial charge in [-0.3, -0.25) is 9.59 Å². The zero-order valence-corrected chi connectivity index (χ0v) is 17.8. The summed E-state index contributed by atoms with van der Waals surface area (Å²) in [5.41, 5.74) is 0.817. The van der Waals surface area contributed by atoms with E-state index in [0.29, 0.717) is 19.5 Å². The number of benzene rings is 1. The first-order valence-corrected chi connectivity index (χ1v) is 11.2. The lowest BCUT2D eigenvalue weighted by Gasteiger charge is -2.46. The van der Waals surface area contributed by atoms with Crippen LogP contribution in [0.4, 0.5) is 0 Å². The summed E-state index contributed by atoms with van der Waals surface area (Å²) in [6, 6.07) is 12.0. The molecule has 3 heterocycles. The molecule has 154 valence electrons. The molecule has 1 N–H and O–H groups in total. The van der Waals surface area contributed by atoms with Crippen molar-refractivity contribution < 1.29 is 14.3 Å². The number of nitrogens with one attached hydrogen (secondary N) is 1. The molecule has 2 aromatic rings. The Bertz CT molecular complexity index is 870. The smallest absolute Gasteiger partial charge is 0.263 e. The number of hydrogen-bond donors (Lipinski definition) is 1. The summed E-state index contributed by atoms with van der Waals surface area (Å²) < 4.78 is 6.51. The van der Waals surface area contributed by atoms with E-state index < -0.39 is 0 Å².